The summed E-state index contributed by atoms with van der Waals surface area (Å²) >= 11 is 0. The van der Waals surface area contributed by atoms with Crippen molar-refractivity contribution in [3.05, 3.63) is 0 Å². The maximum Gasteiger partial charge on any atom is 0.222 e. The van der Waals surface area contributed by atoms with Crippen LogP contribution in [0.25, 0.3) is 0 Å². The van der Waals surface area contributed by atoms with Crippen molar-refractivity contribution in [3.8, 4) is 0 Å². The van der Waals surface area contributed by atoms with Gasteiger partial charge in [0.25, 0.3) is 0 Å². The Bertz CT molecular complexity index is 212. The van der Waals surface area contributed by atoms with Gasteiger partial charge < -0.3 is 10.6 Å². The quantitative estimate of drug-likeness (QED) is 0.729. The highest BCUT2D eigenvalue weighted by Crippen LogP contribution is 2.34. The first-order valence-electron chi connectivity index (χ1n) is 6.03. The number of rotatable bonds is 6. The van der Waals surface area contributed by atoms with Gasteiger partial charge in [0.05, 0.1) is 0 Å². The lowest BCUT2D eigenvalue weighted by Gasteiger charge is -2.25. The Balaban J connectivity index is 2.20. The van der Waals surface area contributed by atoms with E-state index in [9.17, 15) is 4.79 Å². The number of carbonyl (C=O) groups is 1. The minimum absolute atomic E-state index is 0.212. The molecule has 0 aromatic carbocycles. The number of carbonyl (C=O) groups excluding carboxylic acids is 1. The highest BCUT2D eigenvalue weighted by atomic mass is 16.2. The minimum atomic E-state index is 0.212. The van der Waals surface area contributed by atoms with E-state index in [4.69, 9.17) is 5.73 Å². The van der Waals surface area contributed by atoms with Gasteiger partial charge in [0.2, 0.25) is 5.91 Å². The largest absolute Gasteiger partial charge is 0.343 e. The number of nitrogens with zero attached hydrogens (tertiary/aromatic N) is 1. The van der Waals surface area contributed by atoms with Crippen LogP contribution in [-0.4, -0.2) is 29.9 Å². The highest BCUT2D eigenvalue weighted by molar-refractivity contribution is 5.76. The van der Waals surface area contributed by atoms with E-state index in [1.54, 1.807) is 0 Å². The maximum absolute atomic E-state index is 11.8. The second kappa shape index (κ2) is 5.50. The molecule has 0 aromatic rings. The Morgan fingerprint density at radius 2 is 2.07 bits per heavy atom. The number of amides is 1. The van der Waals surface area contributed by atoms with Gasteiger partial charge in [0, 0.05) is 25.6 Å². The summed E-state index contributed by atoms with van der Waals surface area (Å²) in [5, 5.41) is 0. The SMILES string of the molecule is CC(N)CCCC(=O)N(C)C(C)C1CC1. The summed E-state index contributed by atoms with van der Waals surface area (Å²) in [4.78, 5) is 13.7. The maximum atomic E-state index is 11.8. The van der Waals surface area contributed by atoms with Crippen molar-refractivity contribution in [1.29, 1.82) is 0 Å². The van der Waals surface area contributed by atoms with Crippen molar-refractivity contribution in [1.82, 2.24) is 4.90 Å². The van der Waals surface area contributed by atoms with Gasteiger partial charge in [-0.1, -0.05) is 0 Å². The molecule has 2 N–H and O–H groups in total. The topological polar surface area (TPSA) is 46.3 Å². The summed E-state index contributed by atoms with van der Waals surface area (Å²) in [6.07, 6.45) is 5.09. The molecule has 0 radical (unpaired) electrons. The van der Waals surface area contributed by atoms with E-state index < -0.39 is 0 Å². The fraction of sp³-hybridized carbons (Fsp3) is 0.917. The molecule has 2 atom stereocenters. The van der Waals surface area contributed by atoms with E-state index >= 15 is 0 Å². The third-order valence-corrected chi connectivity index (χ3v) is 3.36. The normalized spacial score (nSPS) is 19.7. The molecule has 1 aliphatic rings. The zero-order valence-electron chi connectivity index (χ0n) is 10.2. The van der Waals surface area contributed by atoms with Crippen LogP contribution in [0.5, 0.6) is 0 Å². The molecule has 0 spiro atoms. The predicted molar refractivity (Wildman–Crippen MR) is 62.5 cm³/mol. The van der Waals surface area contributed by atoms with Gasteiger partial charge in [-0.25, -0.2) is 0 Å². The van der Waals surface area contributed by atoms with Gasteiger partial charge in [-0.2, -0.15) is 0 Å². The molecule has 0 bridgehead atoms. The average Bonchev–Trinajstić information content (AvgIpc) is 2.98. The second-order valence-electron chi connectivity index (χ2n) is 4.95. The van der Waals surface area contributed by atoms with E-state index in [1.807, 2.05) is 18.9 Å². The molecule has 1 rings (SSSR count). The summed E-state index contributed by atoms with van der Waals surface area (Å²) in [6.45, 7) is 4.14. The van der Waals surface area contributed by atoms with E-state index in [1.165, 1.54) is 12.8 Å². The Labute approximate surface area is 93.0 Å². The number of hydrogen-bond acceptors (Lipinski definition) is 2. The summed E-state index contributed by atoms with van der Waals surface area (Å²) < 4.78 is 0. The van der Waals surface area contributed by atoms with Gasteiger partial charge in [-0.15, -0.1) is 0 Å². The molecule has 1 saturated carbocycles. The number of hydrogen-bond donors (Lipinski definition) is 1. The Morgan fingerprint density at radius 1 is 1.47 bits per heavy atom. The summed E-state index contributed by atoms with van der Waals surface area (Å²) in [7, 11) is 1.93. The molecule has 0 heterocycles. The second-order valence-corrected chi connectivity index (χ2v) is 4.95. The minimum Gasteiger partial charge on any atom is -0.343 e. The van der Waals surface area contributed by atoms with Crippen LogP contribution in [0.3, 0.4) is 0 Å². The van der Waals surface area contributed by atoms with Crippen molar-refractivity contribution in [2.75, 3.05) is 7.05 Å². The van der Waals surface area contributed by atoms with Crippen molar-refractivity contribution in [3.63, 3.8) is 0 Å². The monoisotopic (exact) mass is 212 g/mol. The Morgan fingerprint density at radius 3 is 2.53 bits per heavy atom. The lowest BCUT2D eigenvalue weighted by atomic mass is 10.1. The Hall–Kier alpha value is -0.570. The van der Waals surface area contributed by atoms with Gasteiger partial charge in [-0.3, -0.25) is 4.79 Å². The van der Waals surface area contributed by atoms with E-state index in [0.717, 1.165) is 18.8 Å². The lowest BCUT2D eigenvalue weighted by Crippen LogP contribution is -2.36. The molecule has 1 fully saturated rings. The predicted octanol–water partition coefficient (Wildman–Crippen LogP) is 1.76. The molecule has 0 saturated heterocycles. The van der Waals surface area contributed by atoms with Crippen LogP contribution >= 0.6 is 0 Å². The van der Waals surface area contributed by atoms with Gasteiger partial charge in [-0.05, 0) is 45.4 Å². The van der Waals surface area contributed by atoms with Crippen LogP contribution in [0.2, 0.25) is 0 Å². The van der Waals surface area contributed by atoms with Crippen molar-refractivity contribution < 1.29 is 4.79 Å². The molecular weight excluding hydrogens is 188 g/mol. The van der Waals surface area contributed by atoms with Gasteiger partial charge in [0.15, 0.2) is 0 Å². The molecule has 3 heteroatoms. The van der Waals surface area contributed by atoms with E-state index in [2.05, 4.69) is 6.92 Å². The first-order valence-corrected chi connectivity index (χ1v) is 6.03. The first kappa shape index (κ1) is 12.5. The highest BCUT2D eigenvalue weighted by Gasteiger charge is 2.32. The third-order valence-electron chi connectivity index (χ3n) is 3.36. The zero-order valence-corrected chi connectivity index (χ0v) is 10.2. The molecular formula is C12H24N2O. The standard InChI is InChI=1S/C12H24N2O/c1-9(13)5-4-6-12(15)14(3)10(2)11-7-8-11/h9-11H,4-8,13H2,1-3H3. The summed E-state index contributed by atoms with van der Waals surface area (Å²) in [6, 6.07) is 0.636. The van der Waals surface area contributed by atoms with Crippen LogP contribution in [0, 0.1) is 5.92 Å². The summed E-state index contributed by atoms with van der Waals surface area (Å²) in [5.41, 5.74) is 5.65. The van der Waals surface area contributed by atoms with Crippen LogP contribution in [0.1, 0.15) is 46.0 Å². The molecule has 3 nitrogen and oxygen atoms in total. The average molecular weight is 212 g/mol. The van der Waals surface area contributed by atoms with Crippen LogP contribution < -0.4 is 5.73 Å². The molecule has 1 aliphatic carbocycles. The lowest BCUT2D eigenvalue weighted by molar-refractivity contribution is -0.132. The summed E-state index contributed by atoms with van der Waals surface area (Å²) in [5.74, 6) is 1.03. The van der Waals surface area contributed by atoms with Crippen LogP contribution in [0.4, 0.5) is 0 Å². The van der Waals surface area contributed by atoms with Crippen molar-refractivity contribution >= 4 is 5.91 Å². The Kier molecular flexibility index (Phi) is 4.58. The van der Waals surface area contributed by atoms with Gasteiger partial charge in [0.1, 0.15) is 0 Å². The van der Waals surface area contributed by atoms with E-state index in [-0.39, 0.29) is 11.9 Å². The van der Waals surface area contributed by atoms with Crippen LogP contribution in [-0.2, 0) is 4.79 Å². The molecule has 15 heavy (non-hydrogen) atoms. The molecule has 2 unspecified atom stereocenters. The molecule has 1 amide bonds. The zero-order chi connectivity index (χ0) is 11.4. The van der Waals surface area contributed by atoms with Crippen molar-refractivity contribution in [2.24, 2.45) is 11.7 Å². The van der Waals surface area contributed by atoms with Gasteiger partial charge >= 0.3 is 0 Å². The molecule has 0 aliphatic heterocycles. The fourth-order valence-electron chi connectivity index (χ4n) is 1.87. The fourth-order valence-corrected chi connectivity index (χ4v) is 1.87. The van der Waals surface area contributed by atoms with Crippen LogP contribution in [0.15, 0.2) is 0 Å². The first-order chi connectivity index (χ1) is 7.02. The number of nitrogens with two attached hydrogens (primary N) is 1. The van der Waals surface area contributed by atoms with Crippen molar-refractivity contribution in [2.45, 2.75) is 58.0 Å². The third kappa shape index (κ3) is 4.20. The van der Waals surface area contributed by atoms with E-state index in [0.29, 0.717) is 12.5 Å². The molecule has 88 valence electrons. The molecule has 0 aromatic heterocycles. The smallest absolute Gasteiger partial charge is 0.222 e.